The van der Waals surface area contributed by atoms with Crippen molar-refractivity contribution >= 4 is 21.9 Å². The molecule has 11 heteroatoms. The number of hydrazine groups is 1. The number of nitrogens with one attached hydrogen (secondary N) is 4. The molecule has 6 N–H and O–H groups in total. The second kappa shape index (κ2) is 12.2. The van der Waals surface area contributed by atoms with Crippen LogP contribution in [0.2, 0.25) is 0 Å². The van der Waals surface area contributed by atoms with Crippen molar-refractivity contribution < 1.29 is 17.9 Å². The van der Waals surface area contributed by atoms with E-state index in [4.69, 9.17) is 10.6 Å². The largest absolute Gasteiger partial charge is 0.494 e. The van der Waals surface area contributed by atoms with Gasteiger partial charge in [-0.2, -0.15) is 4.72 Å². The molecule has 0 unspecified atom stereocenters. The molecule has 0 spiro atoms. The van der Waals surface area contributed by atoms with Crippen LogP contribution in [-0.4, -0.2) is 52.6 Å². The van der Waals surface area contributed by atoms with E-state index in [0.717, 1.165) is 44.0 Å². The van der Waals surface area contributed by atoms with Crippen molar-refractivity contribution in [3.05, 3.63) is 60.2 Å². The molecule has 33 heavy (non-hydrogen) atoms. The number of guanidine groups is 1. The van der Waals surface area contributed by atoms with Crippen LogP contribution in [0.25, 0.3) is 0 Å². The molecule has 1 heterocycles. The lowest BCUT2D eigenvalue weighted by molar-refractivity contribution is -0.122. The summed E-state index contributed by atoms with van der Waals surface area (Å²) in [5.41, 5.74) is 2.78. The van der Waals surface area contributed by atoms with Crippen LogP contribution < -0.4 is 31.4 Å². The van der Waals surface area contributed by atoms with E-state index in [2.05, 4.69) is 20.3 Å². The molecule has 10 nitrogen and oxygen atoms in total. The fourth-order valence-electron chi connectivity index (χ4n) is 3.22. The molecule has 0 aromatic heterocycles. The Kier molecular flexibility index (Phi) is 9.04. The number of nitrogens with two attached hydrogens (primary N) is 1. The van der Waals surface area contributed by atoms with Crippen molar-refractivity contribution in [2.45, 2.75) is 30.2 Å². The maximum atomic E-state index is 12.6. The fourth-order valence-corrected chi connectivity index (χ4v) is 4.44. The Balaban J connectivity index is 1.50. The van der Waals surface area contributed by atoms with E-state index >= 15 is 0 Å². The second-order valence-corrected chi connectivity index (χ2v) is 9.20. The third-order valence-electron chi connectivity index (χ3n) is 4.95. The monoisotopic (exact) mass is 474 g/mol. The van der Waals surface area contributed by atoms with Crippen LogP contribution in [0, 0.1) is 0 Å². The highest BCUT2D eigenvalue weighted by Crippen LogP contribution is 2.15. The highest BCUT2D eigenvalue weighted by atomic mass is 32.2. The minimum Gasteiger partial charge on any atom is -0.494 e. The van der Waals surface area contributed by atoms with Crippen molar-refractivity contribution in [2.75, 3.05) is 26.2 Å². The van der Waals surface area contributed by atoms with Crippen LogP contribution in [0.1, 0.15) is 18.4 Å². The lowest BCUT2D eigenvalue weighted by atomic mass is 10.1. The van der Waals surface area contributed by atoms with Crippen LogP contribution in [-0.2, 0) is 21.2 Å². The first kappa shape index (κ1) is 24.5. The number of hydrogen-bond acceptors (Lipinski definition) is 8. The second-order valence-electron chi connectivity index (χ2n) is 7.48. The molecule has 2 aromatic carbocycles. The Morgan fingerprint density at radius 2 is 1.91 bits per heavy atom. The summed E-state index contributed by atoms with van der Waals surface area (Å²) in [7, 11) is -3.88. The number of ether oxygens (including phenoxy) is 1. The SMILES string of the molecule is NNC(=O)[C@H](Cc1ccc(OCCCNC2=NCCCN2)cc1)NS(=O)(=O)c1ccccc1. The molecule has 1 amide bonds. The molecule has 3 rings (SSSR count). The Labute approximate surface area is 194 Å². The Morgan fingerprint density at radius 3 is 2.58 bits per heavy atom. The first-order chi connectivity index (χ1) is 16.0. The average molecular weight is 475 g/mol. The number of carbonyl (C=O) groups excluding carboxylic acids is 1. The third-order valence-corrected chi connectivity index (χ3v) is 6.44. The lowest BCUT2D eigenvalue weighted by Crippen LogP contribution is -2.49. The summed E-state index contributed by atoms with van der Waals surface area (Å²) < 4.78 is 33.4. The summed E-state index contributed by atoms with van der Waals surface area (Å²) in [5, 5.41) is 6.44. The highest BCUT2D eigenvalue weighted by molar-refractivity contribution is 7.89. The summed E-state index contributed by atoms with van der Waals surface area (Å²) in [5.74, 6) is 6.17. The molecule has 2 aromatic rings. The van der Waals surface area contributed by atoms with Gasteiger partial charge in [-0.1, -0.05) is 30.3 Å². The molecule has 0 fully saturated rings. The molecule has 0 bridgehead atoms. The van der Waals surface area contributed by atoms with E-state index in [1.807, 2.05) is 5.43 Å². The van der Waals surface area contributed by atoms with Crippen LogP contribution in [0.15, 0.2) is 64.5 Å². The summed E-state index contributed by atoms with van der Waals surface area (Å²) in [6.07, 6.45) is 2.00. The number of aliphatic imine (C=N–C) groups is 1. The molecule has 0 radical (unpaired) electrons. The predicted molar refractivity (Wildman–Crippen MR) is 126 cm³/mol. The number of nitrogens with zero attached hydrogens (tertiary/aromatic N) is 1. The zero-order chi connectivity index (χ0) is 23.5. The van der Waals surface area contributed by atoms with E-state index in [9.17, 15) is 13.2 Å². The number of rotatable bonds is 11. The maximum Gasteiger partial charge on any atom is 0.252 e. The van der Waals surface area contributed by atoms with E-state index in [1.165, 1.54) is 12.1 Å². The van der Waals surface area contributed by atoms with Gasteiger partial charge in [0.25, 0.3) is 5.91 Å². The number of benzene rings is 2. The molecular formula is C22H30N6O4S. The van der Waals surface area contributed by atoms with Gasteiger partial charge in [-0.25, -0.2) is 14.3 Å². The molecular weight excluding hydrogens is 444 g/mol. The van der Waals surface area contributed by atoms with E-state index in [0.29, 0.717) is 12.4 Å². The van der Waals surface area contributed by atoms with Gasteiger partial charge in [-0.05, 0) is 49.1 Å². The summed E-state index contributed by atoms with van der Waals surface area (Å²) in [4.78, 5) is 16.6. The highest BCUT2D eigenvalue weighted by Gasteiger charge is 2.25. The minimum absolute atomic E-state index is 0.0735. The van der Waals surface area contributed by atoms with Gasteiger partial charge in [0.05, 0.1) is 11.5 Å². The van der Waals surface area contributed by atoms with Gasteiger partial charge < -0.3 is 15.4 Å². The summed E-state index contributed by atoms with van der Waals surface area (Å²) in [6.45, 7) is 3.08. The Hall–Kier alpha value is -3.15. The lowest BCUT2D eigenvalue weighted by Gasteiger charge is -2.18. The number of carbonyl (C=O) groups is 1. The topological polar surface area (TPSA) is 147 Å². The molecule has 1 aliphatic heterocycles. The van der Waals surface area contributed by atoms with Crippen molar-refractivity contribution in [1.29, 1.82) is 0 Å². The van der Waals surface area contributed by atoms with Gasteiger partial charge in [0.1, 0.15) is 11.8 Å². The normalized spacial score (nSPS) is 14.5. The zero-order valence-corrected chi connectivity index (χ0v) is 19.1. The van der Waals surface area contributed by atoms with Crippen LogP contribution >= 0.6 is 0 Å². The van der Waals surface area contributed by atoms with Gasteiger partial charge >= 0.3 is 0 Å². The fraction of sp³-hybridized carbons (Fsp3) is 0.364. The van der Waals surface area contributed by atoms with E-state index < -0.39 is 22.0 Å². The first-order valence-corrected chi connectivity index (χ1v) is 12.3. The molecule has 0 aliphatic carbocycles. The van der Waals surface area contributed by atoms with Gasteiger partial charge in [0.15, 0.2) is 5.96 Å². The minimum atomic E-state index is -3.88. The van der Waals surface area contributed by atoms with Gasteiger partial charge in [0.2, 0.25) is 10.0 Å². The molecule has 0 saturated carbocycles. The number of hydrogen-bond donors (Lipinski definition) is 5. The predicted octanol–water partition coefficient (Wildman–Crippen LogP) is 0.274. The zero-order valence-electron chi connectivity index (χ0n) is 18.3. The van der Waals surface area contributed by atoms with Gasteiger partial charge in [-0.3, -0.25) is 15.2 Å². The smallest absolute Gasteiger partial charge is 0.252 e. The summed E-state index contributed by atoms with van der Waals surface area (Å²) >= 11 is 0. The van der Waals surface area contributed by atoms with Crippen molar-refractivity contribution in [2.24, 2.45) is 10.8 Å². The summed E-state index contributed by atoms with van der Waals surface area (Å²) in [6, 6.07) is 14.0. The molecule has 1 atom stereocenters. The Bertz CT molecular complexity index is 1030. The van der Waals surface area contributed by atoms with Crippen LogP contribution in [0.3, 0.4) is 0 Å². The number of amides is 1. The maximum absolute atomic E-state index is 12.6. The van der Waals surface area contributed by atoms with E-state index in [1.54, 1.807) is 42.5 Å². The van der Waals surface area contributed by atoms with Crippen LogP contribution in [0.4, 0.5) is 0 Å². The molecule has 178 valence electrons. The molecule has 1 aliphatic rings. The van der Waals surface area contributed by atoms with Crippen molar-refractivity contribution in [3.63, 3.8) is 0 Å². The molecule has 0 saturated heterocycles. The third kappa shape index (κ3) is 7.74. The number of sulfonamides is 1. The van der Waals surface area contributed by atoms with Crippen molar-refractivity contribution in [3.8, 4) is 5.75 Å². The quantitative estimate of drug-likeness (QED) is 0.136. The van der Waals surface area contributed by atoms with Gasteiger partial charge in [0, 0.05) is 19.6 Å². The van der Waals surface area contributed by atoms with E-state index in [-0.39, 0.29) is 11.3 Å². The Morgan fingerprint density at radius 1 is 1.15 bits per heavy atom. The average Bonchev–Trinajstić information content (AvgIpc) is 2.85. The van der Waals surface area contributed by atoms with Crippen molar-refractivity contribution in [1.82, 2.24) is 20.8 Å². The first-order valence-electron chi connectivity index (χ1n) is 10.8. The van der Waals surface area contributed by atoms with Crippen LogP contribution in [0.5, 0.6) is 5.75 Å². The standard InChI is InChI=1S/C22H30N6O4S/c23-27-21(29)20(28-33(30,31)19-6-2-1-3-7-19)16-17-8-10-18(11-9-17)32-15-5-14-26-22-24-12-4-13-25-22/h1-3,6-11,20,28H,4-5,12-16,23H2,(H,27,29)(H2,24,25,26)/t20-/m0/s1. The van der Waals surface area contributed by atoms with Gasteiger partial charge in [-0.15, -0.1) is 0 Å².